The van der Waals surface area contributed by atoms with E-state index < -0.39 is 5.97 Å². The Kier molecular flexibility index (Phi) is 3.71. The number of carbonyl (C=O) groups is 1. The highest BCUT2D eigenvalue weighted by Gasteiger charge is 2.22. The Hall–Kier alpha value is -1.69. The molecule has 0 radical (unpaired) electrons. The molecule has 0 N–H and O–H groups in total. The highest BCUT2D eigenvalue weighted by molar-refractivity contribution is 7.09. The summed E-state index contributed by atoms with van der Waals surface area (Å²) in [5.41, 5.74) is 2.63. The Labute approximate surface area is 115 Å². The Balaban J connectivity index is 2.01. The van der Waals surface area contributed by atoms with Crippen LogP contribution in [0.15, 0.2) is 16.1 Å². The van der Waals surface area contributed by atoms with Crippen LogP contribution in [0.1, 0.15) is 47.6 Å². The zero-order chi connectivity index (χ0) is 14.0. The Morgan fingerprint density at radius 2 is 2.21 bits per heavy atom. The third kappa shape index (κ3) is 3.20. The van der Waals surface area contributed by atoms with Crippen molar-refractivity contribution in [1.29, 1.82) is 0 Å². The van der Waals surface area contributed by atoms with Gasteiger partial charge in [0.1, 0.15) is 12.4 Å². The number of hydrogen-bond acceptors (Lipinski definition) is 6. The zero-order valence-corrected chi connectivity index (χ0v) is 12.2. The van der Waals surface area contributed by atoms with Crippen LogP contribution in [0.5, 0.6) is 0 Å². The Morgan fingerprint density at radius 3 is 2.74 bits per heavy atom. The summed E-state index contributed by atoms with van der Waals surface area (Å²) in [5, 5.41) is 3.74. The van der Waals surface area contributed by atoms with Crippen LogP contribution in [0, 0.1) is 6.92 Å². The second-order valence-corrected chi connectivity index (χ2v) is 6.20. The van der Waals surface area contributed by atoms with Gasteiger partial charge in [-0.2, -0.15) is 0 Å². The molecule has 0 saturated carbocycles. The summed E-state index contributed by atoms with van der Waals surface area (Å²) in [6.45, 7) is 8.07. The minimum absolute atomic E-state index is 0.181. The fraction of sp³-hybridized carbons (Fsp3) is 0.462. The van der Waals surface area contributed by atoms with Gasteiger partial charge in [0.05, 0.1) is 16.1 Å². The van der Waals surface area contributed by atoms with Crippen molar-refractivity contribution in [3.05, 3.63) is 33.6 Å². The van der Waals surface area contributed by atoms with Crippen LogP contribution in [-0.2, 0) is 16.8 Å². The third-order valence-corrected chi connectivity index (χ3v) is 3.55. The molecule has 2 rings (SSSR count). The maximum atomic E-state index is 11.8. The van der Waals surface area contributed by atoms with Gasteiger partial charge in [0.25, 0.3) is 0 Å². The van der Waals surface area contributed by atoms with Gasteiger partial charge in [-0.15, -0.1) is 11.3 Å². The number of thiazole rings is 1. The molecular weight excluding hydrogens is 264 g/mol. The summed E-state index contributed by atoms with van der Waals surface area (Å²) >= 11 is 1.46. The molecule has 19 heavy (non-hydrogen) atoms. The third-order valence-electron chi connectivity index (χ3n) is 2.64. The molecule has 2 aromatic rings. The van der Waals surface area contributed by atoms with Gasteiger partial charge in [-0.25, -0.2) is 9.78 Å². The van der Waals surface area contributed by atoms with Crippen molar-refractivity contribution < 1.29 is 14.1 Å². The van der Waals surface area contributed by atoms with Crippen LogP contribution >= 0.6 is 11.3 Å². The van der Waals surface area contributed by atoms with E-state index in [-0.39, 0.29) is 17.7 Å². The van der Waals surface area contributed by atoms with Crippen LogP contribution in [0.25, 0.3) is 0 Å². The molecule has 2 heterocycles. The topological polar surface area (TPSA) is 65.2 Å². The number of esters is 1. The van der Waals surface area contributed by atoms with Gasteiger partial charge >= 0.3 is 5.97 Å². The molecule has 0 aliphatic rings. The molecule has 2 aromatic heterocycles. The van der Waals surface area contributed by atoms with Crippen LogP contribution < -0.4 is 0 Å². The molecule has 0 aliphatic heterocycles. The zero-order valence-electron chi connectivity index (χ0n) is 11.4. The summed E-state index contributed by atoms with van der Waals surface area (Å²) in [6.07, 6.45) is 0. The molecule has 0 bridgehead atoms. The largest absolute Gasteiger partial charge is 0.455 e. The molecule has 0 aromatic carbocycles. The van der Waals surface area contributed by atoms with Crippen molar-refractivity contribution in [3.63, 3.8) is 0 Å². The molecule has 0 spiro atoms. The number of nitrogens with zero attached hydrogens (tertiary/aromatic N) is 2. The number of hydrogen-bond donors (Lipinski definition) is 0. The standard InChI is InChI=1S/C13H16N2O3S/c1-8-10(19-7-14-8)6-17-12(16)9-5-11(18-15-9)13(2,3)4/h5,7H,6H2,1-4H3. The van der Waals surface area contributed by atoms with Gasteiger partial charge in [0.15, 0.2) is 5.69 Å². The van der Waals surface area contributed by atoms with Crippen LogP contribution in [0.4, 0.5) is 0 Å². The lowest BCUT2D eigenvalue weighted by Crippen LogP contribution is -2.09. The molecule has 0 saturated heterocycles. The maximum Gasteiger partial charge on any atom is 0.360 e. The van der Waals surface area contributed by atoms with E-state index in [4.69, 9.17) is 9.26 Å². The van der Waals surface area contributed by atoms with E-state index in [2.05, 4.69) is 10.1 Å². The van der Waals surface area contributed by atoms with Crippen molar-refractivity contribution in [1.82, 2.24) is 10.1 Å². The van der Waals surface area contributed by atoms with Gasteiger partial charge in [-0.1, -0.05) is 25.9 Å². The lowest BCUT2D eigenvalue weighted by atomic mass is 9.93. The molecule has 0 amide bonds. The van der Waals surface area contributed by atoms with E-state index in [0.29, 0.717) is 5.76 Å². The quantitative estimate of drug-likeness (QED) is 0.808. The molecule has 0 unspecified atom stereocenters. The Morgan fingerprint density at radius 1 is 1.47 bits per heavy atom. The molecule has 102 valence electrons. The number of carbonyl (C=O) groups excluding carboxylic acids is 1. The monoisotopic (exact) mass is 280 g/mol. The van der Waals surface area contributed by atoms with E-state index in [1.807, 2.05) is 27.7 Å². The second kappa shape index (κ2) is 5.13. The van der Waals surface area contributed by atoms with Gasteiger partial charge in [-0.05, 0) is 6.92 Å². The predicted molar refractivity (Wildman–Crippen MR) is 71.2 cm³/mol. The van der Waals surface area contributed by atoms with Crippen molar-refractivity contribution >= 4 is 17.3 Å². The summed E-state index contributed by atoms with van der Waals surface area (Å²) in [6, 6.07) is 1.63. The summed E-state index contributed by atoms with van der Waals surface area (Å²) in [7, 11) is 0. The van der Waals surface area contributed by atoms with E-state index in [0.717, 1.165) is 10.6 Å². The van der Waals surface area contributed by atoms with Crippen molar-refractivity contribution in [2.45, 2.75) is 39.7 Å². The fourth-order valence-electron chi connectivity index (χ4n) is 1.39. The van der Waals surface area contributed by atoms with Crippen LogP contribution in [0.2, 0.25) is 0 Å². The first kappa shape index (κ1) is 13.7. The normalized spacial score (nSPS) is 11.6. The summed E-state index contributed by atoms with van der Waals surface area (Å²) < 4.78 is 10.3. The second-order valence-electron chi connectivity index (χ2n) is 5.26. The number of ether oxygens (including phenoxy) is 1. The van der Waals surface area contributed by atoms with E-state index in [1.54, 1.807) is 11.6 Å². The lowest BCUT2D eigenvalue weighted by Gasteiger charge is -2.11. The van der Waals surface area contributed by atoms with E-state index in [9.17, 15) is 4.79 Å². The molecule has 6 heteroatoms. The molecule has 0 atom stereocenters. The summed E-state index contributed by atoms with van der Waals surface area (Å²) in [4.78, 5) is 16.9. The molecular formula is C13H16N2O3S. The highest BCUT2D eigenvalue weighted by Crippen LogP contribution is 2.23. The minimum Gasteiger partial charge on any atom is -0.455 e. The van der Waals surface area contributed by atoms with Crippen molar-refractivity contribution in [3.8, 4) is 0 Å². The maximum absolute atomic E-state index is 11.8. The van der Waals surface area contributed by atoms with Crippen molar-refractivity contribution in [2.75, 3.05) is 0 Å². The number of rotatable bonds is 3. The highest BCUT2D eigenvalue weighted by atomic mass is 32.1. The van der Waals surface area contributed by atoms with Crippen LogP contribution in [-0.4, -0.2) is 16.1 Å². The predicted octanol–water partition coefficient (Wildman–Crippen LogP) is 3.09. The van der Waals surface area contributed by atoms with E-state index >= 15 is 0 Å². The number of aromatic nitrogens is 2. The molecule has 0 aliphatic carbocycles. The first-order chi connectivity index (χ1) is 8.88. The SMILES string of the molecule is Cc1ncsc1COC(=O)c1cc(C(C)(C)C)on1. The van der Waals surface area contributed by atoms with Gasteiger partial charge in [0.2, 0.25) is 0 Å². The number of aryl methyl sites for hydroxylation is 1. The van der Waals surface area contributed by atoms with Gasteiger partial charge < -0.3 is 9.26 Å². The minimum atomic E-state index is -0.480. The van der Waals surface area contributed by atoms with Gasteiger partial charge in [-0.3, -0.25) is 0 Å². The van der Waals surface area contributed by atoms with Crippen molar-refractivity contribution in [2.24, 2.45) is 0 Å². The van der Waals surface area contributed by atoms with Gasteiger partial charge in [0, 0.05) is 11.5 Å². The Bertz CT molecular complexity index is 581. The molecule has 0 fully saturated rings. The van der Waals surface area contributed by atoms with Crippen LogP contribution in [0.3, 0.4) is 0 Å². The van der Waals surface area contributed by atoms with E-state index in [1.165, 1.54) is 11.3 Å². The summed E-state index contributed by atoms with van der Waals surface area (Å²) in [5.74, 6) is 0.181. The average Bonchev–Trinajstić information content (AvgIpc) is 2.93. The molecule has 5 nitrogen and oxygen atoms in total. The fourth-order valence-corrected chi connectivity index (χ4v) is 2.08. The smallest absolute Gasteiger partial charge is 0.360 e. The average molecular weight is 280 g/mol. The first-order valence-corrected chi connectivity index (χ1v) is 6.79. The first-order valence-electron chi connectivity index (χ1n) is 5.91. The lowest BCUT2D eigenvalue weighted by molar-refractivity contribution is 0.0464.